The van der Waals surface area contributed by atoms with E-state index in [4.69, 9.17) is 9.72 Å². The van der Waals surface area contributed by atoms with Crippen molar-refractivity contribution >= 4 is 27.2 Å². The fourth-order valence-electron chi connectivity index (χ4n) is 5.73. The minimum Gasteiger partial charge on any atom is -0.384 e. The molecule has 0 unspecified atom stereocenters. The third-order valence-corrected chi connectivity index (χ3v) is 9.07. The number of nitrogens with one attached hydrogen (secondary N) is 1. The summed E-state index contributed by atoms with van der Waals surface area (Å²) in [6.07, 6.45) is 3.63. The van der Waals surface area contributed by atoms with Crippen molar-refractivity contribution in [1.29, 1.82) is 0 Å². The molecule has 2 fully saturated rings. The molecule has 0 aliphatic carbocycles. The van der Waals surface area contributed by atoms with Gasteiger partial charge in [-0.25, -0.2) is 9.37 Å². The number of halogens is 1. The summed E-state index contributed by atoms with van der Waals surface area (Å²) in [5.74, 6) is -0.159. The van der Waals surface area contributed by atoms with Crippen molar-refractivity contribution in [3.8, 4) is 11.3 Å². The minimum atomic E-state index is -0.159. The SMILES string of the molecule is CCN(CC)Cc1ccc(-c2cc(NCCCN3CCC(N4CCOCC4)CC3)c3sccc3n2)cc1F. The van der Waals surface area contributed by atoms with Gasteiger partial charge in [-0.3, -0.25) is 9.80 Å². The molecule has 206 valence electrons. The van der Waals surface area contributed by atoms with E-state index in [1.807, 2.05) is 12.1 Å². The maximum absolute atomic E-state index is 15.0. The van der Waals surface area contributed by atoms with Crippen LogP contribution < -0.4 is 5.32 Å². The first kappa shape index (κ1) is 27.5. The zero-order valence-corrected chi connectivity index (χ0v) is 23.7. The van der Waals surface area contributed by atoms with Crippen molar-refractivity contribution in [3.05, 3.63) is 47.1 Å². The van der Waals surface area contributed by atoms with Gasteiger partial charge in [0.1, 0.15) is 5.82 Å². The number of rotatable bonds is 11. The maximum Gasteiger partial charge on any atom is 0.128 e. The summed E-state index contributed by atoms with van der Waals surface area (Å²) < 4.78 is 21.7. The van der Waals surface area contributed by atoms with Crippen LogP contribution in [0.25, 0.3) is 21.5 Å². The van der Waals surface area contributed by atoms with Gasteiger partial charge >= 0.3 is 0 Å². The molecular weight excluding hydrogens is 497 g/mol. The molecule has 3 aromatic rings. The third-order valence-electron chi connectivity index (χ3n) is 8.13. The first-order valence-electron chi connectivity index (χ1n) is 14.3. The van der Waals surface area contributed by atoms with E-state index in [0.717, 1.165) is 93.0 Å². The number of pyridine rings is 1. The summed E-state index contributed by atoms with van der Waals surface area (Å²) in [7, 11) is 0. The third kappa shape index (κ3) is 6.72. The van der Waals surface area contributed by atoms with E-state index in [0.29, 0.717) is 6.54 Å². The van der Waals surface area contributed by atoms with Gasteiger partial charge in [0, 0.05) is 43.3 Å². The van der Waals surface area contributed by atoms with E-state index in [1.54, 1.807) is 17.4 Å². The average Bonchev–Trinajstić information content (AvgIpc) is 3.44. The molecular formula is C30H42FN5OS. The number of hydrogen-bond acceptors (Lipinski definition) is 7. The lowest BCUT2D eigenvalue weighted by Gasteiger charge is -2.40. The quantitative estimate of drug-likeness (QED) is 0.323. The number of aromatic nitrogens is 1. The van der Waals surface area contributed by atoms with Crippen LogP contribution in [0.3, 0.4) is 0 Å². The number of fused-ring (bicyclic) bond motifs is 1. The van der Waals surface area contributed by atoms with Crippen LogP contribution in [0, 0.1) is 5.82 Å². The molecule has 0 spiro atoms. The molecule has 0 radical (unpaired) electrons. The average molecular weight is 540 g/mol. The molecule has 5 rings (SSSR count). The van der Waals surface area contributed by atoms with Crippen molar-refractivity contribution < 1.29 is 9.13 Å². The number of nitrogens with zero attached hydrogens (tertiary/aromatic N) is 4. The monoisotopic (exact) mass is 539 g/mol. The molecule has 2 aromatic heterocycles. The molecule has 2 aliphatic rings. The fourth-order valence-corrected chi connectivity index (χ4v) is 6.56. The molecule has 0 amide bonds. The van der Waals surface area contributed by atoms with Gasteiger partial charge in [0.15, 0.2) is 0 Å². The topological polar surface area (TPSA) is 43.9 Å². The Hall–Kier alpha value is -2.10. The van der Waals surface area contributed by atoms with Crippen LogP contribution in [0.15, 0.2) is 35.7 Å². The first-order chi connectivity index (χ1) is 18.6. The van der Waals surface area contributed by atoms with E-state index in [1.165, 1.54) is 30.6 Å². The Labute approximate surface area is 230 Å². The number of likely N-dealkylation sites (tertiary alicyclic amines) is 1. The van der Waals surface area contributed by atoms with Crippen molar-refractivity contribution in [2.45, 2.75) is 45.7 Å². The van der Waals surface area contributed by atoms with Crippen LogP contribution in [0.2, 0.25) is 0 Å². The Kier molecular flexibility index (Phi) is 9.62. The Morgan fingerprint density at radius 3 is 2.61 bits per heavy atom. The standard InChI is InChI=1S/C30H42FN5OS/c1-3-34(4-2)22-24-7-6-23(20-26(24)31)28-21-29(30-27(33-28)10-19-38-30)32-11-5-12-35-13-8-25(9-14-35)36-15-17-37-18-16-36/h6-7,10,19-21,25H,3-5,8-9,11-18,22H2,1-2H3,(H,32,33). The highest BCUT2D eigenvalue weighted by Gasteiger charge is 2.25. The molecule has 38 heavy (non-hydrogen) atoms. The molecule has 0 saturated carbocycles. The molecule has 2 saturated heterocycles. The van der Waals surface area contributed by atoms with Gasteiger partial charge in [-0.05, 0) is 75.6 Å². The Morgan fingerprint density at radius 2 is 1.87 bits per heavy atom. The molecule has 0 atom stereocenters. The molecule has 0 bridgehead atoms. The van der Waals surface area contributed by atoms with Crippen LogP contribution >= 0.6 is 11.3 Å². The molecule has 1 N–H and O–H groups in total. The van der Waals surface area contributed by atoms with Gasteiger partial charge in [0.25, 0.3) is 0 Å². The maximum atomic E-state index is 15.0. The lowest BCUT2D eigenvalue weighted by atomic mass is 10.0. The largest absolute Gasteiger partial charge is 0.384 e. The van der Waals surface area contributed by atoms with Crippen LogP contribution in [0.1, 0.15) is 38.7 Å². The van der Waals surface area contributed by atoms with Crippen molar-refractivity contribution in [1.82, 2.24) is 19.7 Å². The number of piperidine rings is 1. The van der Waals surface area contributed by atoms with Crippen LogP contribution in [0.5, 0.6) is 0 Å². The highest BCUT2D eigenvalue weighted by atomic mass is 32.1. The van der Waals surface area contributed by atoms with E-state index in [2.05, 4.69) is 51.4 Å². The Bertz CT molecular complexity index is 1170. The first-order valence-corrected chi connectivity index (χ1v) is 15.2. The van der Waals surface area contributed by atoms with Gasteiger partial charge in [-0.15, -0.1) is 11.3 Å². The summed E-state index contributed by atoms with van der Waals surface area (Å²) in [6, 6.07) is 10.4. The van der Waals surface area contributed by atoms with Crippen LogP contribution in [-0.4, -0.2) is 91.3 Å². The fraction of sp³-hybridized carbons (Fsp3) is 0.567. The molecule has 2 aliphatic heterocycles. The molecule has 6 nitrogen and oxygen atoms in total. The normalized spacial score (nSPS) is 18.0. The summed E-state index contributed by atoms with van der Waals surface area (Å²) >= 11 is 1.71. The molecule has 8 heteroatoms. The number of morpholine rings is 1. The summed E-state index contributed by atoms with van der Waals surface area (Å²) in [4.78, 5) is 12.3. The van der Waals surface area contributed by atoms with Crippen LogP contribution in [0.4, 0.5) is 10.1 Å². The van der Waals surface area contributed by atoms with E-state index in [9.17, 15) is 4.39 Å². The highest BCUT2D eigenvalue weighted by molar-refractivity contribution is 7.17. The summed E-state index contributed by atoms with van der Waals surface area (Å²) in [6.45, 7) is 15.0. The zero-order chi connectivity index (χ0) is 26.3. The van der Waals surface area contributed by atoms with E-state index >= 15 is 0 Å². The number of benzene rings is 1. The second-order valence-corrected chi connectivity index (χ2v) is 11.4. The van der Waals surface area contributed by atoms with Gasteiger partial charge in [0.05, 0.1) is 34.8 Å². The lowest BCUT2D eigenvalue weighted by molar-refractivity contribution is 0.000914. The lowest BCUT2D eigenvalue weighted by Crippen LogP contribution is -2.49. The Balaban J connectivity index is 1.17. The zero-order valence-electron chi connectivity index (χ0n) is 22.9. The predicted molar refractivity (Wildman–Crippen MR) is 157 cm³/mol. The molecule has 4 heterocycles. The van der Waals surface area contributed by atoms with Gasteiger partial charge < -0.3 is 15.0 Å². The van der Waals surface area contributed by atoms with Crippen LogP contribution in [-0.2, 0) is 11.3 Å². The smallest absolute Gasteiger partial charge is 0.128 e. The summed E-state index contributed by atoms with van der Waals surface area (Å²) in [5, 5.41) is 5.75. The van der Waals surface area contributed by atoms with Crippen molar-refractivity contribution in [2.24, 2.45) is 0 Å². The predicted octanol–water partition coefficient (Wildman–Crippen LogP) is 5.54. The number of ether oxygens (including phenoxy) is 1. The second kappa shape index (κ2) is 13.3. The minimum absolute atomic E-state index is 0.159. The summed E-state index contributed by atoms with van der Waals surface area (Å²) in [5.41, 5.74) is 4.44. The molecule has 1 aromatic carbocycles. The number of anilines is 1. The highest BCUT2D eigenvalue weighted by Crippen LogP contribution is 2.32. The Morgan fingerprint density at radius 1 is 1.08 bits per heavy atom. The van der Waals surface area contributed by atoms with E-state index in [-0.39, 0.29) is 5.82 Å². The van der Waals surface area contributed by atoms with E-state index < -0.39 is 0 Å². The van der Waals surface area contributed by atoms with Gasteiger partial charge in [-0.2, -0.15) is 0 Å². The van der Waals surface area contributed by atoms with Gasteiger partial charge in [0.2, 0.25) is 0 Å². The van der Waals surface area contributed by atoms with Crippen molar-refractivity contribution in [3.63, 3.8) is 0 Å². The second-order valence-electron chi connectivity index (χ2n) is 10.5. The van der Waals surface area contributed by atoms with Gasteiger partial charge in [-0.1, -0.05) is 26.0 Å². The van der Waals surface area contributed by atoms with Crippen molar-refractivity contribution in [2.75, 3.05) is 70.9 Å². The number of thiophene rings is 1. The number of hydrogen-bond donors (Lipinski definition) is 1.